The third-order valence-corrected chi connectivity index (χ3v) is 16.5. The summed E-state index contributed by atoms with van der Waals surface area (Å²) in [7, 11) is 0. The van der Waals surface area contributed by atoms with E-state index in [2.05, 4.69) is 277 Å². The fourth-order valence-corrected chi connectivity index (χ4v) is 12.6. The molecule has 1 fully saturated rings. The number of para-hydroxylation sites is 2. The minimum atomic E-state index is -0.468. The Labute approximate surface area is 440 Å². The molecular weight excluding hydrogens is 891 g/mol. The molecule has 364 valence electrons. The van der Waals surface area contributed by atoms with E-state index in [1.165, 1.54) is 126 Å². The summed E-state index contributed by atoms with van der Waals surface area (Å²) in [6.07, 6.45) is 6.44. The van der Waals surface area contributed by atoms with Gasteiger partial charge in [-0.2, -0.15) is 0 Å². The van der Waals surface area contributed by atoms with E-state index in [9.17, 15) is 0 Å². The van der Waals surface area contributed by atoms with Gasteiger partial charge < -0.3 is 4.90 Å². The summed E-state index contributed by atoms with van der Waals surface area (Å²) in [5.74, 6) is 0.566. The van der Waals surface area contributed by atoms with Gasteiger partial charge in [0, 0.05) is 16.8 Å². The maximum atomic E-state index is 2.55. The molecular formula is C73H67N. The standard InChI is InChI=1S/C73H67N/c1-71(2,3)57-46-54(47-58(49-57)72(4,5)6)60-32-17-20-38-68(60)74(69-39-21-18-34-64(69)65-36-23-27-52-26-22-35-61(70(52)65)51-24-10-7-11-25-51)59-43-40-50(41-44-59)53-42-45-63-62-33-16-19-37-66(62)73(67(63)48-53,55-28-12-8-13-29-55)56-30-14-9-15-31-56/h8-9,12-23,26-49,51H,7,10-11,24-25H2,1-6H3. The summed E-state index contributed by atoms with van der Waals surface area (Å²) >= 11 is 0. The van der Waals surface area contributed by atoms with E-state index in [4.69, 9.17) is 0 Å². The molecule has 1 heteroatoms. The van der Waals surface area contributed by atoms with E-state index in [-0.39, 0.29) is 10.8 Å². The summed E-state index contributed by atoms with van der Waals surface area (Å²) in [4.78, 5) is 2.55. The van der Waals surface area contributed by atoms with Crippen molar-refractivity contribution < 1.29 is 0 Å². The Bertz CT molecular complexity index is 3580. The number of hydrogen-bond donors (Lipinski definition) is 0. The second-order valence-corrected chi connectivity index (χ2v) is 23.1. The van der Waals surface area contributed by atoms with E-state index in [0.29, 0.717) is 5.92 Å². The number of anilines is 3. The van der Waals surface area contributed by atoms with Gasteiger partial charge in [0.15, 0.2) is 0 Å². The van der Waals surface area contributed by atoms with Crippen molar-refractivity contribution in [3.05, 3.63) is 269 Å². The van der Waals surface area contributed by atoms with Gasteiger partial charge in [-0.25, -0.2) is 0 Å². The first kappa shape index (κ1) is 47.3. The van der Waals surface area contributed by atoms with Crippen LogP contribution in [0.15, 0.2) is 231 Å². The molecule has 12 rings (SSSR count). The number of benzene rings is 10. The largest absolute Gasteiger partial charge is 0.309 e. The summed E-state index contributed by atoms with van der Waals surface area (Å²) in [5, 5.41) is 2.71. The smallest absolute Gasteiger partial charge is 0.0713 e. The number of rotatable bonds is 9. The molecule has 2 aliphatic rings. The normalized spacial score (nSPS) is 14.4. The van der Waals surface area contributed by atoms with E-state index in [1.54, 1.807) is 0 Å². The van der Waals surface area contributed by atoms with Crippen molar-refractivity contribution in [1.29, 1.82) is 0 Å². The minimum Gasteiger partial charge on any atom is -0.309 e. The molecule has 74 heavy (non-hydrogen) atoms. The highest BCUT2D eigenvalue weighted by Gasteiger charge is 2.46. The molecule has 0 unspecified atom stereocenters. The van der Waals surface area contributed by atoms with Crippen LogP contribution in [-0.2, 0) is 16.2 Å². The Hall–Kier alpha value is -7.74. The first-order chi connectivity index (χ1) is 36.0. The average Bonchev–Trinajstić information content (AvgIpc) is 3.74. The predicted molar refractivity (Wildman–Crippen MR) is 315 cm³/mol. The van der Waals surface area contributed by atoms with E-state index in [0.717, 1.165) is 17.1 Å². The molecule has 1 saturated carbocycles. The van der Waals surface area contributed by atoms with Crippen LogP contribution in [0.25, 0.3) is 55.3 Å². The molecule has 0 atom stereocenters. The maximum absolute atomic E-state index is 2.55. The molecule has 2 aliphatic carbocycles. The monoisotopic (exact) mass is 958 g/mol. The van der Waals surface area contributed by atoms with E-state index >= 15 is 0 Å². The van der Waals surface area contributed by atoms with Crippen molar-refractivity contribution in [1.82, 2.24) is 0 Å². The number of hydrogen-bond acceptors (Lipinski definition) is 1. The second kappa shape index (κ2) is 18.9. The molecule has 0 bridgehead atoms. The van der Waals surface area contributed by atoms with Gasteiger partial charge in [0.1, 0.15) is 0 Å². The Kier molecular flexibility index (Phi) is 12.1. The van der Waals surface area contributed by atoms with E-state index < -0.39 is 5.41 Å². The predicted octanol–water partition coefficient (Wildman–Crippen LogP) is 20.3. The Balaban J connectivity index is 1.06. The van der Waals surface area contributed by atoms with Crippen molar-refractivity contribution in [3.63, 3.8) is 0 Å². The summed E-state index contributed by atoms with van der Waals surface area (Å²) in [6.45, 7) is 14.0. The quantitative estimate of drug-likeness (QED) is 0.139. The molecule has 0 N–H and O–H groups in total. The van der Waals surface area contributed by atoms with Crippen LogP contribution < -0.4 is 4.90 Å². The Morgan fingerprint density at radius 2 is 0.892 bits per heavy atom. The molecule has 10 aromatic carbocycles. The van der Waals surface area contributed by atoms with Crippen molar-refractivity contribution in [2.24, 2.45) is 0 Å². The fraction of sp³-hybridized carbons (Fsp3) is 0.205. The molecule has 0 aromatic heterocycles. The second-order valence-electron chi connectivity index (χ2n) is 23.1. The number of nitrogens with zero attached hydrogens (tertiary/aromatic N) is 1. The molecule has 0 radical (unpaired) electrons. The lowest BCUT2D eigenvalue weighted by molar-refractivity contribution is 0.445. The zero-order valence-electron chi connectivity index (χ0n) is 44.0. The molecule has 0 amide bonds. The first-order valence-corrected chi connectivity index (χ1v) is 27.1. The Morgan fingerprint density at radius 1 is 0.378 bits per heavy atom. The minimum absolute atomic E-state index is 0.0281. The highest BCUT2D eigenvalue weighted by atomic mass is 15.1. The molecule has 10 aromatic rings. The summed E-state index contributed by atoms with van der Waals surface area (Å²) in [5.41, 5.74) is 22.2. The lowest BCUT2D eigenvalue weighted by Gasteiger charge is -2.34. The lowest BCUT2D eigenvalue weighted by Crippen LogP contribution is -2.28. The topological polar surface area (TPSA) is 3.24 Å². The zero-order valence-corrected chi connectivity index (χ0v) is 44.0. The zero-order chi connectivity index (χ0) is 50.6. The van der Waals surface area contributed by atoms with Gasteiger partial charge in [-0.1, -0.05) is 261 Å². The van der Waals surface area contributed by atoms with Gasteiger partial charge in [0.05, 0.1) is 16.8 Å². The van der Waals surface area contributed by atoms with Crippen LogP contribution in [0.3, 0.4) is 0 Å². The summed E-state index contributed by atoms with van der Waals surface area (Å²) in [6, 6.07) is 87.4. The van der Waals surface area contributed by atoms with Crippen LogP contribution in [0.4, 0.5) is 17.1 Å². The Morgan fingerprint density at radius 3 is 1.53 bits per heavy atom. The van der Waals surface area contributed by atoms with Gasteiger partial charge in [0.2, 0.25) is 0 Å². The van der Waals surface area contributed by atoms with Crippen LogP contribution in [0, 0.1) is 0 Å². The third kappa shape index (κ3) is 8.28. The first-order valence-electron chi connectivity index (χ1n) is 27.1. The highest BCUT2D eigenvalue weighted by molar-refractivity contribution is 6.04. The average molecular weight is 958 g/mol. The van der Waals surface area contributed by atoms with Gasteiger partial charge in [0.25, 0.3) is 0 Å². The van der Waals surface area contributed by atoms with Crippen molar-refractivity contribution >= 4 is 27.8 Å². The van der Waals surface area contributed by atoms with Crippen LogP contribution in [-0.4, -0.2) is 0 Å². The van der Waals surface area contributed by atoms with Gasteiger partial charge in [-0.05, 0) is 143 Å². The van der Waals surface area contributed by atoms with Crippen molar-refractivity contribution in [3.8, 4) is 44.5 Å². The van der Waals surface area contributed by atoms with Crippen molar-refractivity contribution in [2.75, 3.05) is 4.90 Å². The molecule has 0 saturated heterocycles. The lowest BCUT2D eigenvalue weighted by atomic mass is 9.67. The molecule has 0 heterocycles. The fourth-order valence-electron chi connectivity index (χ4n) is 12.6. The SMILES string of the molecule is CC(C)(C)c1cc(-c2ccccc2N(c2ccc(-c3ccc4c(c3)C(c3ccccc3)(c3ccccc3)c3ccccc3-4)cc2)c2ccccc2-c2cccc3cccc(C4CCCCC4)c23)cc(C(C)(C)C)c1. The van der Waals surface area contributed by atoms with Crippen LogP contribution >= 0.6 is 0 Å². The van der Waals surface area contributed by atoms with Crippen LogP contribution in [0.5, 0.6) is 0 Å². The van der Waals surface area contributed by atoms with Gasteiger partial charge >= 0.3 is 0 Å². The van der Waals surface area contributed by atoms with Crippen LogP contribution in [0.2, 0.25) is 0 Å². The van der Waals surface area contributed by atoms with Crippen molar-refractivity contribution in [2.45, 2.75) is 95.8 Å². The maximum Gasteiger partial charge on any atom is 0.0713 e. The van der Waals surface area contributed by atoms with Crippen LogP contribution in [0.1, 0.15) is 119 Å². The molecule has 0 aliphatic heterocycles. The molecule has 0 spiro atoms. The van der Waals surface area contributed by atoms with E-state index in [1.807, 2.05) is 0 Å². The molecule has 1 nitrogen and oxygen atoms in total. The third-order valence-electron chi connectivity index (χ3n) is 16.5. The van der Waals surface area contributed by atoms with Gasteiger partial charge in [-0.3, -0.25) is 0 Å². The highest BCUT2D eigenvalue weighted by Crippen LogP contribution is 2.57. The number of fused-ring (bicyclic) bond motifs is 4. The summed E-state index contributed by atoms with van der Waals surface area (Å²) < 4.78 is 0. The van der Waals surface area contributed by atoms with Gasteiger partial charge in [-0.15, -0.1) is 0 Å².